The van der Waals surface area contributed by atoms with Crippen molar-refractivity contribution < 1.29 is 9.47 Å². The molecule has 1 aromatic carbocycles. The molecule has 2 aliphatic heterocycles. The standard InChI is InChI=1S/C22H23N5O2/c1-2-19-20(23-6-1)15-25-21(19)26-17-3-4-18-16(14-17)5-7-24-22(18)29-13-10-27-8-11-28-12-9-27/h1-7,14H,8-13,15H2,(H,25,26). The van der Waals surface area contributed by atoms with Crippen LogP contribution in [-0.2, 0) is 11.3 Å². The molecule has 2 aromatic heterocycles. The topological polar surface area (TPSA) is 71.9 Å². The van der Waals surface area contributed by atoms with E-state index in [4.69, 9.17) is 9.47 Å². The zero-order valence-electron chi connectivity index (χ0n) is 16.2. The fraction of sp³-hybridized carbons (Fsp3) is 0.318. The average Bonchev–Trinajstić information content (AvgIpc) is 3.17. The van der Waals surface area contributed by atoms with Crippen LogP contribution in [0.2, 0.25) is 0 Å². The maximum Gasteiger partial charge on any atom is 0.221 e. The quantitative estimate of drug-likeness (QED) is 0.723. The Morgan fingerprint density at radius 3 is 2.93 bits per heavy atom. The molecule has 0 saturated carbocycles. The van der Waals surface area contributed by atoms with Gasteiger partial charge in [-0.25, -0.2) is 4.98 Å². The van der Waals surface area contributed by atoms with Crippen molar-refractivity contribution in [3.8, 4) is 5.88 Å². The minimum atomic E-state index is 0.618. The summed E-state index contributed by atoms with van der Waals surface area (Å²) in [7, 11) is 0. The lowest BCUT2D eigenvalue weighted by molar-refractivity contribution is 0.0321. The van der Waals surface area contributed by atoms with Gasteiger partial charge in [-0.15, -0.1) is 0 Å². The highest BCUT2D eigenvalue weighted by atomic mass is 16.5. The summed E-state index contributed by atoms with van der Waals surface area (Å²) in [6.07, 6.45) is 3.60. The summed E-state index contributed by atoms with van der Waals surface area (Å²) < 4.78 is 11.4. The van der Waals surface area contributed by atoms with Gasteiger partial charge in [-0.05, 0) is 41.8 Å². The second-order valence-electron chi connectivity index (χ2n) is 7.14. The fourth-order valence-electron chi connectivity index (χ4n) is 3.70. The molecule has 0 radical (unpaired) electrons. The summed E-state index contributed by atoms with van der Waals surface area (Å²) >= 11 is 0. The Morgan fingerprint density at radius 1 is 1.07 bits per heavy atom. The highest BCUT2D eigenvalue weighted by Crippen LogP contribution is 2.27. The van der Waals surface area contributed by atoms with Gasteiger partial charge in [0.1, 0.15) is 12.4 Å². The lowest BCUT2D eigenvalue weighted by Crippen LogP contribution is -2.38. The van der Waals surface area contributed by atoms with E-state index in [1.54, 1.807) is 12.4 Å². The first-order chi connectivity index (χ1) is 14.4. The molecule has 0 atom stereocenters. The lowest BCUT2D eigenvalue weighted by atomic mass is 10.1. The number of benzene rings is 1. The zero-order valence-corrected chi connectivity index (χ0v) is 16.2. The van der Waals surface area contributed by atoms with E-state index in [2.05, 4.69) is 37.3 Å². The minimum Gasteiger partial charge on any atom is -0.476 e. The molecule has 7 heteroatoms. The summed E-state index contributed by atoms with van der Waals surface area (Å²) in [5.41, 5.74) is 3.06. The summed E-state index contributed by atoms with van der Waals surface area (Å²) in [6, 6.07) is 12.2. The number of fused-ring (bicyclic) bond motifs is 2. The first-order valence-corrected chi connectivity index (χ1v) is 9.94. The van der Waals surface area contributed by atoms with Crippen LogP contribution in [0.15, 0.2) is 53.8 Å². The predicted molar refractivity (Wildman–Crippen MR) is 113 cm³/mol. The molecule has 1 fully saturated rings. The van der Waals surface area contributed by atoms with Crippen LogP contribution >= 0.6 is 0 Å². The molecule has 3 aromatic rings. The number of aromatic nitrogens is 2. The van der Waals surface area contributed by atoms with Crippen LogP contribution in [0.3, 0.4) is 0 Å². The Hall–Kier alpha value is -3.03. The summed E-state index contributed by atoms with van der Waals surface area (Å²) in [5.74, 6) is 1.54. The van der Waals surface area contributed by atoms with Gasteiger partial charge in [0.15, 0.2) is 0 Å². The Morgan fingerprint density at radius 2 is 2.00 bits per heavy atom. The molecule has 0 bridgehead atoms. The van der Waals surface area contributed by atoms with Crippen molar-refractivity contribution in [2.75, 3.05) is 44.8 Å². The van der Waals surface area contributed by atoms with Crippen molar-refractivity contribution in [2.45, 2.75) is 6.54 Å². The van der Waals surface area contributed by atoms with Crippen LogP contribution in [0.4, 0.5) is 5.69 Å². The van der Waals surface area contributed by atoms with Crippen LogP contribution in [0.5, 0.6) is 5.88 Å². The van der Waals surface area contributed by atoms with Crippen molar-refractivity contribution in [2.24, 2.45) is 4.99 Å². The minimum absolute atomic E-state index is 0.618. The van der Waals surface area contributed by atoms with E-state index in [0.717, 1.165) is 66.4 Å². The van der Waals surface area contributed by atoms with Gasteiger partial charge in [0.05, 0.1) is 25.5 Å². The number of nitrogens with zero attached hydrogens (tertiary/aromatic N) is 4. The number of ether oxygens (including phenoxy) is 2. The van der Waals surface area contributed by atoms with Gasteiger partial charge in [0.2, 0.25) is 5.88 Å². The van der Waals surface area contributed by atoms with Crippen molar-refractivity contribution >= 4 is 22.3 Å². The smallest absolute Gasteiger partial charge is 0.221 e. The van der Waals surface area contributed by atoms with Gasteiger partial charge < -0.3 is 14.8 Å². The second kappa shape index (κ2) is 8.14. The maximum absolute atomic E-state index is 6.00. The molecule has 1 N–H and O–H groups in total. The molecule has 0 unspecified atom stereocenters. The Balaban J connectivity index is 1.29. The number of hydrogen-bond donors (Lipinski definition) is 1. The third kappa shape index (κ3) is 3.92. The lowest BCUT2D eigenvalue weighted by Gasteiger charge is -2.26. The third-order valence-electron chi connectivity index (χ3n) is 5.27. The van der Waals surface area contributed by atoms with Gasteiger partial charge in [-0.2, -0.15) is 0 Å². The molecule has 7 nitrogen and oxygen atoms in total. The number of amidine groups is 1. The molecular formula is C22H23N5O2. The third-order valence-corrected chi connectivity index (χ3v) is 5.27. The zero-order chi connectivity index (χ0) is 19.5. The molecule has 148 valence electrons. The molecule has 29 heavy (non-hydrogen) atoms. The number of anilines is 1. The summed E-state index contributed by atoms with van der Waals surface area (Å²) in [5, 5.41) is 5.51. The normalized spacial score (nSPS) is 16.5. The number of nitrogens with one attached hydrogen (secondary N) is 1. The SMILES string of the molecule is c1cnc2c(c1)C(Nc1ccc3c(OCCN4CCOCC4)nccc3c1)=NC2. The first-order valence-electron chi connectivity index (χ1n) is 9.94. The van der Waals surface area contributed by atoms with E-state index >= 15 is 0 Å². The van der Waals surface area contributed by atoms with Gasteiger partial charge in [-0.3, -0.25) is 14.9 Å². The molecule has 5 rings (SSSR count). The van der Waals surface area contributed by atoms with Crippen molar-refractivity contribution in [3.05, 3.63) is 60.0 Å². The van der Waals surface area contributed by atoms with Gasteiger partial charge in [0, 0.05) is 48.7 Å². The van der Waals surface area contributed by atoms with Crippen LogP contribution in [0, 0.1) is 0 Å². The fourth-order valence-corrected chi connectivity index (χ4v) is 3.70. The van der Waals surface area contributed by atoms with Gasteiger partial charge in [0.25, 0.3) is 0 Å². The van der Waals surface area contributed by atoms with Crippen molar-refractivity contribution in [1.29, 1.82) is 0 Å². The summed E-state index contributed by atoms with van der Waals surface area (Å²) in [4.78, 5) is 15.7. The maximum atomic E-state index is 6.00. The molecule has 0 spiro atoms. The Bertz CT molecular complexity index is 1050. The van der Waals surface area contributed by atoms with E-state index in [9.17, 15) is 0 Å². The first kappa shape index (κ1) is 18.0. The second-order valence-corrected chi connectivity index (χ2v) is 7.14. The Labute approximate surface area is 169 Å². The summed E-state index contributed by atoms with van der Waals surface area (Å²) in [6.45, 7) is 5.65. The average molecular weight is 389 g/mol. The highest BCUT2D eigenvalue weighted by molar-refractivity contribution is 6.11. The number of morpholine rings is 1. The monoisotopic (exact) mass is 389 g/mol. The molecular weight excluding hydrogens is 366 g/mol. The van der Waals surface area contributed by atoms with Gasteiger partial charge >= 0.3 is 0 Å². The number of rotatable bonds is 5. The molecule has 0 amide bonds. The van der Waals surface area contributed by atoms with Gasteiger partial charge in [-0.1, -0.05) is 0 Å². The van der Waals surface area contributed by atoms with E-state index in [1.165, 1.54) is 0 Å². The Kier molecular flexibility index (Phi) is 5.06. The highest BCUT2D eigenvalue weighted by Gasteiger charge is 2.17. The van der Waals surface area contributed by atoms with E-state index in [1.807, 2.05) is 24.3 Å². The van der Waals surface area contributed by atoms with E-state index in [-0.39, 0.29) is 0 Å². The molecule has 4 heterocycles. The molecule has 1 saturated heterocycles. The van der Waals surface area contributed by atoms with Crippen molar-refractivity contribution in [1.82, 2.24) is 14.9 Å². The van der Waals surface area contributed by atoms with Crippen LogP contribution in [0.25, 0.3) is 10.8 Å². The van der Waals surface area contributed by atoms with Crippen molar-refractivity contribution in [3.63, 3.8) is 0 Å². The largest absolute Gasteiger partial charge is 0.476 e. The number of hydrogen-bond acceptors (Lipinski definition) is 7. The van der Waals surface area contributed by atoms with Crippen LogP contribution in [-0.4, -0.2) is 60.2 Å². The molecule has 2 aliphatic rings. The number of aliphatic imine (C=N–C) groups is 1. The van der Waals surface area contributed by atoms with Crippen LogP contribution in [0.1, 0.15) is 11.3 Å². The van der Waals surface area contributed by atoms with Crippen LogP contribution < -0.4 is 10.1 Å². The number of pyridine rings is 2. The van der Waals surface area contributed by atoms with E-state index in [0.29, 0.717) is 19.0 Å². The predicted octanol–water partition coefficient (Wildman–Crippen LogP) is 2.71. The van der Waals surface area contributed by atoms with E-state index < -0.39 is 0 Å². The molecule has 0 aliphatic carbocycles.